The molecule has 0 aliphatic heterocycles. The van der Waals surface area contributed by atoms with Crippen LogP contribution in [0.25, 0.3) is 98.8 Å². The highest BCUT2D eigenvalue weighted by Gasteiger charge is 2.18. The first-order valence-corrected chi connectivity index (χ1v) is 16.0. The molecule has 0 aliphatic rings. The highest BCUT2D eigenvalue weighted by molar-refractivity contribution is 6.33. The van der Waals surface area contributed by atoms with Gasteiger partial charge < -0.3 is 0 Å². The molecule has 0 radical (unpaired) electrons. The zero-order valence-electron chi connectivity index (χ0n) is 25.7. The second-order valence-electron chi connectivity index (χ2n) is 12.1. The fourth-order valence-corrected chi connectivity index (χ4v) is 7.24. The van der Waals surface area contributed by atoms with E-state index >= 15 is 0 Å². The van der Waals surface area contributed by atoms with Gasteiger partial charge >= 0.3 is 0 Å². The number of rotatable bonds is 3. The van der Waals surface area contributed by atoms with Gasteiger partial charge in [0.1, 0.15) is 0 Å². The molecule has 6 aromatic carbocycles. The van der Waals surface area contributed by atoms with Crippen LogP contribution in [0, 0.1) is 0 Å². The van der Waals surface area contributed by atoms with Crippen molar-refractivity contribution in [3.8, 4) is 33.8 Å². The lowest BCUT2D eigenvalue weighted by Gasteiger charge is -2.16. The van der Waals surface area contributed by atoms with E-state index in [1.807, 2.05) is 36.9 Å². The molecule has 0 atom stereocenters. The SMILES string of the molecule is c1cnc2c(c1)cc(-c1cnc(-c3ccc(-c4nc5ccccc5c5c6ccccc6c6ccccc6c45)cc3)nc1)c1cccnc12. The molecule has 222 valence electrons. The van der Waals surface area contributed by atoms with E-state index in [0.29, 0.717) is 5.82 Å². The Morgan fingerprint density at radius 1 is 0.396 bits per heavy atom. The quantitative estimate of drug-likeness (QED) is 0.186. The molecule has 5 nitrogen and oxygen atoms in total. The molecule has 48 heavy (non-hydrogen) atoms. The molecular formula is C43H25N5. The van der Waals surface area contributed by atoms with Crippen LogP contribution in [0.1, 0.15) is 0 Å². The summed E-state index contributed by atoms with van der Waals surface area (Å²) in [6.07, 6.45) is 7.41. The second kappa shape index (κ2) is 10.5. The van der Waals surface area contributed by atoms with Gasteiger partial charge in [-0.3, -0.25) is 9.97 Å². The fraction of sp³-hybridized carbons (Fsp3) is 0. The van der Waals surface area contributed by atoms with Crippen LogP contribution < -0.4 is 0 Å². The van der Waals surface area contributed by atoms with Crippen LogP contribution >= 0.6 is 0 Å². The van der Waals surface area contributed by atoms with E-state index in [4.69, 9.17) is 15.0 Å². The van der Waals surface area contributed by atoms with Gasteiger partial charge in [0.15, 0.2) is 5.82 Å². The predicted octanol–water partition coefficient (Wildman–Crippen LogP) is 10.6. The van der Waals surface area contributed by atoms with Crippen molar-refractivity contribution in [1.29, 1.82) is 0 Å². The molecule has 10 aromatic rings. The zero-order chi connectivity index (χ0) is 31.6. The summed E-state index contributed by atoms with van der Waals surface area (Å²) in [5, 5.41) is 10.6. The molecule has 0 aliphatic carbocycles. The van der Waals surface area contributed by atoms with Crippen molar-refractivity contribution in [3.05, 3.63) is 152 Å². The second-order valence-corrected chi connectivity index (χ2v) is 12.1. The molecule has 5 heteroatoms. The lowest BCUT2D eigenvalue weighted by atomic mass is 9.90. The number of pyridine rings is 3. The molecule has 0 unspecified atom stereocenters. The number of para-hydroxylation sites is 1. The number of hydrogen-bond acceptors (Lipinski definition) is 5. The monoisotopic (exact) mass is 611 g/mol. The molecule has 0 saturated carbocycles. The van der Waals surface area contributed by atoms with Gasteiger partial charge in [0.2, 0.25) is 0 Å². The van der Waals surface area contributed by atoms with Crippen LogP contribution in [-0.2, 0) is 0 Å². The maximum Gasteiger partial charge on any atom is 0.159 e. The first-order chi connectivity index (χ1) is 23.8. The Kier molecular flexibility index (Phi) is 5.81. The van der Waals surface area contributed by atoms with E-state index in [9.17, 15) is 0 Å². The average Bonchev–Trinajstić information content (AvgIpc) is 3.17. The third-order valence-corrected chi connectivity index (χ3v) is 9.42. The van der Waals surface area contributed by atoms with Crippen molar-refractivity contribution in [3.63, 3.8) is 0 Å². The largest absolute Gasteiger partial charge is 0.254 e. The Labute approximate surface area is 275 Å². The molecule has 0 spiro atoms. The maximum atomic E-state index is 5.28. The van der Waals surface area contributed by atoms with Gasteiger partial charge in [0, 0.05) is 68.4 Å². The Bertz CT molecular complexity index is 2880. The number of nitrogens with zero attached hydrogens (tertiary/aromatic N) is 5. The van der Waals surface area contributed by atoms with Crippen molar-refractivity contribution in [2.24, 2.45) is 0 Å². The molecule has 0 N–H and O–H groups in total. The lowest BCUT2D eigenvalue weighted by molar-refractivity contribution is 1.18. The number of aromatic nitrogens is 5. The third kappa shape index (κ3) is 4.01. The van der Waals surface area contributed by atoms with Gasteiger partial charge in [-0.1, -0.05) is 103 Å². The summed E-state index contributed by atoms with van der Waals surface area (Å²) in [7, 11) is 0. The normalized spacial score (nSPS) is 11.8. The first-order valence-electron chi connectivity index (χ1n) is 16.0. The van der Waals surface area contributed by atoms with E-state index in [-0.39, 0.29) is 0 Å². The van der Waals surface area contributed by atoms with Gasteiger partial charge in [-0.2, -0.15) is 0 Å². The summed E-state index contributed by atoms with van der Waals surface area (Å²) in [5.74, 6) is 0.669. The van der Waals surface area contributed by atoms with Gasteiger partial charge in [0.05, 0.1) is 22.2 Å². The predicted molar refractivity (Wildman–Crippen MR) is 197 cm³/mol. The molecule has 4 aromatic heterocycles. The summed E-state index contributed by atoms with van der Waals surface area (Å²) in [6.45, 7) is 0. The molecule has 4 heterocycles. The van der Waals surface area contributed by atoms with E-state index < -0.39 is 0 Å². The van der Waals surface area contributed by atoms with E-state index in [1.54, 1.807) is 0 Å². The van der Waals surface area contributed by atoms with Crippen molar-refractivity contribution < 1.29 is 0 Å². The Hall–Kier alpha value is -6.59. The van der Waals surface area contributed by atoms with Gasteiger partial charge in [-0.25, -0.2) is 15.0 Å². The summed E-state index contributed by atoms with van der Waals surface area (Å²) < 4.78 is 0. The van der Waals surface area contributed by atoms with Crippen molar-refractivity contribution in [1.82, 2.24) is 24.9 Å². The first kappa shape index (κ1) is 26.6. The van der Waals surface area contributed by atoms with Crippen LogP contribution in [0.4, 0.5) is 0 Å². The minimum atomic E-state index is 0.669. The standard InChI is InChI=1S/C43H25N5/c1-3-12-32-30(10-1)31-11-2-4-13-33(31)39-38(32)35-14-5-6-16-37(35)48-40(39)26-17-19-27(20-18-26)43-46-24-29(25-47-43)36-23-28-9-7-21-44-41(28)42-34(36)15-8-22-45-42/h1-25H. The highest BCUT2D eigenvalue weighted by Crippen LogP contribution is 2.43. The number of hydrogen-bond donors (Lipinski definition) is 0. The van der Waals surface area contributed by atoms with E-state index in [0.717, 1.165) is 60.7 Å². The maximum absolute atomic E-state index is 5.28. The molecule has 0 amide bonds. The third-order valence-electron chi connectivity index (χ3n) is 9.42. The minimum absolute atomic E-state index is 0.669. The average molecular weight is 612 g/mol. The number of benzene rings is 6. The topological polar surface area (TPSA) is 64.5 Å². The fourth-order valence-electron chi connectivity index (χ4n) is 7.24. The van der Waals surface area contributed by atoms with Crippen LogP contribution in [0.3, 0.4) is 0 Å². The van der Waals surface area contributed by atoms with Gasteiger partial charge in [-0.05, 0) is 51.4 Å². The zero-order valence-corrected chi connectivity index (χ0v) is 25.7. The Morgan fingerprint density at radius 2 is 0.979 bits per heavy atom. The van der Waals surface area contributed by atoms with Gasteiger partial charge in [0.25, 0.3) is 0 Å². The number of fused-ring (bicyclic) bond motifs is 11. The molecule has 10 rings (SSSR count). The smallest absolute Gasteiger partial charge is 0.159 e. The van der Waals surface area contributed by atoms with E-state index in [1.165, 1.54) is 32.3 Å². The molecule has 0 bridgehead atoms. The van der Waals surface area contributed by atoms with Crippen LogP contribution in [-0.4, -0.2) is 24.9 Å². The molecular weight excluding hydrogens is 587 g/mol. The lowest BCUT2D eigenvalue weighted by Crippen LogP contribution is -1.94. The van der Waals surface area contributed by atoms with Crippen LogP contribution in [0.5, 0.6) is 0 Å². The van der Waals surface area contributed by atoms with Crippen molar-refractivity contribution in [2.45, 2.75) is 0 Å². The van der Waals surface area contributed by atoms with Crippen LogP contribution in [0.2, 0.25) is 0 Å². The van der Waals surface area contributed by atoms with Crippen molar-refractivity contribution in [2.75, 3.05) is 0 Å². The molecule has 0 saturated heterocycles. The summed E-state index contributed by atoms with van der Waals surface area (Å²) in [6, 6.07) is 44.5. The highest BCUT2D eigenvalue weighted by atomic mass is 14.9. The summed E-state index contributed by atoms with van der Waals surface area (Å²) >= 11 is 0. The van der Waals surface area contributed by atoms with Gasteiger partial charge in [-0.15, -0.1) is 0 Å². The summed E-state index contributed by atoms with van der Waals surface area (Å²) in [4.78, 5) is 24.2. The van der Waals surface area contributed by atoms with Crippen molar-refractivity contribution >= 4 is 65.0 Å². The Balaban J connectivity index is 1.10. The minimum Gasteiger partial charge on any atom is -0.254 e. The van der Waals surface area contributed by atoms with Crippen LogP contribution in [0.15, 0.2) is 152 Å². The summed E-state index contributed by atoms with van der Waals surface area (Å²) in [5.41, 5.74) is 7.69. The van der Waals surface area contributed by atoms with E-state index in [2.05, 4.69) is 125 Å². The molecule has 0 fully saturated rings. The Morgan fingerprint density at radius 3 is 1.73 bits per heavy atom.